The highest BCUT2D eigenvalue weighted by Crippen LogP contribution is 2.24. The van der Waals surface area contributed by atoms with Gasteiger partial charge in [0.2, 0.25) is 5.91 Å². The van der Waals surface area contributed by atoms with Crippen molar-refractivity contribution in [3.8, 4) is 0 Å². The molecule has 19 heavy (non-hydrogen) atoms. The maximum atomic E-state index is 12.2. The largest absolute Gasteiger partial charge is 0.478 e. The van der Waals surface area contributed by atoms with Crippen molar-refractivity contribution in [3.05, 3.63) is 27.3 Å². The zero-order chi connectivity index (χ0) is 14.6. The van der Waals surface area contributed by atoms with Crippen molar-refractivity contribution in [3.63, 3.8) is 0 Å². The van der Waals surface area contributed by atoms with Crippen LogP contribution >= 0.6 is 22.6 Å². The summed E-state index contributed by atoms with van der Waals surface area (Å²) in [7, 11) is 0. The minimum Gasteiger partial charge on any atom is -0.478 e. The molecule has 0 aromatic heterocycles. The molecule has 0 bridgehead atoms. The molecule has 1 aromatic rings. The van der Waals surface area contributed by atoms with E-state index in [1.165, 1.54) is 6.07 Å². The fourth-order valence-electron chi connectivity index (χ4n) is 1.47. The molecule has 1 amide bonds. The summed E-state index contributed by atoms with van der Waals surface area (Å²) in [5.41, 5.74) is 5.30. The first-order chi connectivity index (χ1) is 8.84. The third-order valence-corrected chi connectivity index (χ3v) is 3.91. The normalized spacial score (nSPS) is 13.7. The summed E-state index contributed by atoms with van der Waals surface area (Å²) in [5, 5.41) is 11.8. The number of amides is 1. The lowest BCUT2D eigenvalue weighted by Crippen LogP contribution is -2.39. The molecule has 1 aromatic carbocycles. The second kappa shape index (κ2) is 6.33. The molecule has 0 spiro atoms. The quantitative estimate of drug-likeness (QED) is 0.688. The Morgan fingerprint density at radius 2 is 2.11 bits per heavy atom. The van der Waals surface area contributed by atoms with Gasteiger partial charge in [0.05, 0.1) is 16.7 Å². The van der Waals surface area contributed by atoms with E-state index in [1.54, 1.807) is 19.1 Å². The Kier molecular flexibility index (Phi) is 5.30. The molecular weight excluding hydrogens is 359 g/mol. The summed E-state index contributed by atoms with van der Waals surface area (Å²) < 4.78 is 0.796. The monoisotopic (exact) mass is 376 g/mol. The Balaban J connectivity index is 3.06. The van der Waals surface area contributed by atoms with E-state index in [4.69, 9.17) is 10.8 Å². The maximum Gasteiger partial charge on any atom is 0.337 e. The van der Waals surface area contributed by atoms with Crippen LogP contribution in [0, 0.1) is 8.99 Å². The predicted molar refractivity (Wildman–Crippen MR) is 82.2 cm³/mol. The van der Waals surface area contributed by atoms with E-state index >= 15 is 0 Å². The average molecular weight is 376 g/mol. The highest BCUT2D eigenvalue weighted by atomic mass is 127. The van der Waals surface area contributed by atoms with Crippen molar-refractivity contribution in [2.45, 2.75) is 20.3 Å². The van der Waals surface area contributed by atoms with Gasteiger partial charge in [0.1, 0.15) is 0 Å². The van der Waals surface area contributed by atoms with E-state index in [0.29, 0.717) is 12.1 Å². The molecule has 4 N–H and O–H groups in total. The molecule has 1 rings (SSSR count). The lowest BCUT2D eigenvalue weighted by Gasteiger charge is -2.25. The fourth-order valence-corrected chi connectivity index (χ4v) is 1.96. The third-order valence-electron chi connectivity index (χ3n) is 3.24. The van der Waals surface area contributed by atoms with Gasteiger partial charge in [-0.25, -0.2) is 4.79 Å². The second-order valence-corrected chi connectivity index (χ2v) is 5.81. The molecular formula is C13H17IN2O3. The number of rotatable bonds is 5. The van der Waals surface area contributed by atoms with Crippen molar-refractivity contribution in [2.24, 2.45) is 11.1 Å². The van der Waals surface area contributed by atoms with Gasteiger partial charge in [0.15, 0.2) is 0 Å². The Morgan fingerprint density at radius 1 is 1.47 bits per heavy atom. The van der Waals surface area contributed by atoms with Crippen molar-refractivity contribution in [1.29, 1.82) is 0 Å². The second-order valence-electron chi connectivity index (χ2n) is 4.57. The minimum absolute atomic E-state index is 0.0794. The van der Waals surface area contributed by atoms with Crippen LogP contribution in [-0.2, 0) is 4.79 Å². The number of nitrogens with one attached hydrogen (secondary N) is 1. The Bertz CT molecular complexity index is 499. The lowest BCUT2D eigenvalue weighted by molar-refractivity contribution is -0.124. The first-order valence-electron chi connectivity index (χ1n) is 5.88. The molecule has 0 saturated carbocycles. The van der Waals surface area contributed by atoms with Crippen molar-refractivity contribution >= 4 is 40.2 Å². The van der Waals surface area contributed by atoms with Crippen LogP contribution in [0.4, 0.5) is 5.69 Å². The van der Waals surface area contributed by atoms with Crippen molar-refractivity contribution in [1.82, 2.24) is 0 Å². The number of carbonyl (C=O) groups is 2. The summed E-state index contributed by atoms with van der Waals surface area (Å²) in [6.45, 7) is 3.84. The van der Waals surface area contributed by atoms with Gasteiger partial charge in [-0.05, 0) is 54.1 Å². The van der Waals surface area contributed by atoms with E-state index in [9.17, 15) is 9.59 Å². The molecule has 0 heterocycles. The van der Waals surface area contributed by atoms with Crippen molar-refractivity contribution in [2.75, 3.05) is 11.9 Å². The average Bonchev–Trinajstić information content (AvgIpc) is 2.39. The van der Waals surface area contributed by atoms with Crippen LogP contribution in [0.3, 0.4) is 0 Å². The number of aromatic carboxylic acids is 1. The summed E-state index contributed by atoms with van der Waals surface area (Å²) in [6, 6.07) is 4.86. The van der Waals surface area contributed by atoms with Gasteiger partial charge in [-0.15, -0.1) is 0 Å². The first kappa shape index (κ1) is 15.9. The molecule has 0 radical (unpaired) electrons. The molecule has 0 saturated heterocycles. The zero-order valence-electron chi connectivity index (χ0n) is 10.9. The van der Waals surface area contributed by atoms with E-state index < -0.39 is 11.4 Å². The molecule has 0 aliphatic rings. The number of anilines is 1. The van der Waals surface area contributed by atoms with Gasteiger partial charge in [0, 0.05) is 10.1 Å². The Morgan fingerprint density at radius 3 is 2.58 bits per heavy atom. The molecule has 1 unspecified atom stereocenters. The van der Waals surface area contributed by atoms with E-state index in [-0.39, 0.29) is 18.0 Å². The summed E-state index contributed by atoms with van der Waals surface area (Å²) in [5.74, 6) is -1.33. The van der Waals surface area contributed by atoms with E-state index in [2.05, 4.69) is 5.32 Å². The molecule has 0 aliphatic heterocycles. The highest BCUT2D eigenvalue weighted by Gasteiger charge is 2.30. The molecule has 0 aliphatic carbocycles. The van der Waals surface area contributed by atoms with Gasteiger partial charge in [-0.3, -0.25) is 4.79 Å². The van der Waals surface area contributed by atoms with Crippen LogP contribution in [0.15, 0.2) is 18.2 Å². The Labute approximate surface area is 125 Å². The van der Waals surface area contributed by atoms with Gasteiger partial charge in [-0.1, -0.05) is 6.92 Å². The first-order valence-corrected chi connectivity index (χ1v) is 6.96. The van der Waals surface area contributed by atoms with Crippen LogP contribution in [-0.4, -0.2) is 23.5 Å². The van der Waals surface area contributed by atoms with Crippen LogP contribution in [0.5, 0.6) is 0 Å². The van der Waals surface area contributed by atoms with E-state index in [0.717, 1.165) is 3.57 Å². The molecule has 5 nitrogen and oxygen atoms in total. The lowest BCUT2D eigenvalue weighted by atomic mass is 9.86. The topological polar surface area (TPSA) is 92.4 Å². The van der Waals surface area contributed by atoms with Gasteiger partial charge in [0.25, 0.3) is 0 Å². The number of benzene rings is 1. The summed E-state index contributed by atoms with van der Waals surface area (Å²) >= 11 is 2.02. The number of carboxylic acid groups (broad SMARTS) is 1. The minimum atomic E-state index is -1.07. The highest BCUT2D eigenvalue weighted by molar-refractivity contribution is 14.1. The molecule has 0 fully saturated rings. The third kappa shape index (κ3) is 3.66. The van der Waals surface area contributed by atoms with Gasteiger partial charge in [-0.2, -0.15) is 0 Å². The summed E-state index contributed by atoms with van der Waals surface area (Å²) in [4.78, 5) is 23.3. The maximum absolute atomic E-state index is 12.2. The van der Waals surface area contributed by atoms with E-state index in [1.807, 2.05) is 29.5 Å². The molecule has 6 heteroatoms. The van der Waals surface area contributed by atoms with Crippen LogP contribution < -0.4 is 11.1 Å². The number of hydrogen-bond acceptors (Lipinski definition) is 3. The number of halogens is 1. The number of carboxylic acids is 1. The molecule has 104 valence electrons. The van der Waals surface area contributed by atoms with Gasteiger partial charge < -0.3 is 16.2 Å². The van der Waals surface area contributed by atoms with Gasteiger partial charge >= 0.3 is 5.97 Å². The van der Waals surface area contributed by atoms with Crippen LogP contribution in [0.25, 0.3) is 0 Å². The number of hydrogen-bond donors (Lipinski definition) is 3. The number of carbonyl (C=O) groups excluding carboxylic acids is 1. The molecule has 1 atom stereocenters. The fraction of sp³-hybridized carbons (Fsp3) is 0.385. The standard InChI is InChI=1S/C13H17IN2O3/c1-3-13(2,7-15)12(19)16-10-5-4-8(14)6-9(10)11(17)18/h4-6H,3,7,15H2,1-2H3,(H,16,19)(H,17,18). The van der Waals surface area contributed by atoms with Crippen LogP contribution in [0.1, 0.15) is 30.6 Å². The zero-order valence-corrected chi connectivity index (χ0v) is 13.0. The Hall–Kier alpha value is -1.15. The number of nitrogens with two attached hydrogens (primary N) is 1. The van der Waals surface area contributed by atoms with Crippen LogP contribution in [0.2, 0.25) is 0 Å². The SMILES string of the molecule is CCC(C)(CN)C(=O)Nc1ccc(I)cc1C(=O)O. The summed E-state index contributed by atoms with van der Waals surface area (Å²) in [6.07, 6.45) is 0.585. The smallest absolute Gasteiger partial charge is 0.337 e. The predicted octanol–water partition coefficient (Wildman–Crippen LogP) is 2.30. The van der Waals surface area contributed by atoms with Crippen molar-refractivity contribution < 1.29 is 14.7 Å².